The van der Waals surface area contributed by atoms with E-state index in [1.807, 2.05) is 60.8 Å². The Morgan fingerprint density at radius 3 is 1.97 bits per heavy atom. The Morgan fingerprint density at radius 2 is 1.42 bits per heavy atom. The minimum Gasteiger partial charge on any atom is -0.493 e. The van der Waals surface area contributed by atoms with Crippen LogP contribution < -0.4 is 9.47 Å². The SMILES string of the molecule is Cc1cccc(OCCc2cccnc2)c1.Cc1cccc(OCCc2ccco2)c1. The highest BCUT2D eigenvalue weighted by Gasteiger charge is 1.98. The monoisotopic (exact) mass is 415 g/mol. The summed E-state index contributed by atoms with van der Waals surface area (Å²) in [5.41, 5.74) is 3.64. The first kappa shape index (κ1) is 22.2. The maximum absolute atomic E-state index is 5.66. The van der Waals surface area contributed by atoms with Crippen molar-refractivity contribution >= 4 is 0 Å². The second kappa shape index (κ2) is 12.2. The van der Waals surface area contributed by atoms with Gasteiger partial charge in [-0.25, -0.2) is 0 Å². The fourth-order valence-electron chi connectivity index (χ4n) is 2.97. The molecule has 2 aromatic carbocycles. The first-order chi connectivity index (χ1) is 15.2. The van der Waals surface area contributed by atoms with Crippen LogP contribution in [0.1, 0.15) is 22.5 Å². The molecule has 0 unspecified atom stereocenters. The zero-order chi connectivity index (χ0) is 21.7. The van der Waals surface area contributed by atoms with E-state index in [-0.39, 0.29) is 0 Å². The molecule has 0 bridgehead atoms. The molecule has 4 heteroatoms. The molecular formula is C27H29NO3. The number of ether oxygens (including phenoxy) is 2. The lowest BCUT2D eigenvalue weighted by molar-refractivity contribution is 0.309. The number of rotatable bonds is 8. The van der Waals surface area contributed by atoms with Crippen molar-refractivity contribution < 1.29 is 13.9 Å². The van der Waals surface area contributed by atoms with E-state index >= 15 is 0 Å². The number of nitrogens with zero attached hydrogens (tertiary/aromatic N) is 1. The molecule has 0 aliphatic carbocycles. The van der Waals surface area contributed by atoms with Gasteiger partial charge < -0.3 is 13.9 Å². The third kappa shape index (κ3) is 8.39. The standard InChI is InChI=1S/C14H15NO.C13H14O2/c1-12-4-2-6-14(10-12)16-9-7-13-5-3-8-15-11-13;1-11-4-2-5-13(10-11)15-9-7-12-6-3-8-14-12/h2-6,8,10-11H,7,9H2,1H3;2-6,8,10H,7,9H2,1H3. The van der Waals surface area contributed by atoms with Crippen molar-refractivity contribution in [3.63, 3.8) is 0 Å². The van der Waals surface area contributed by atoms with Crippen LogP contribution in [0.4, 0.5) is 0 Å². The molecule has 4 rings (SSSR count). The van der Waals surface area contributed by atoms with Crippen molar-refractivity contribution in [2.75, 3.05) is 13.2 Å². The Hall–Kier alpha value is -3.53. The van der Waals surface area contributed by atoms with Crippen LogP contribution in [0.25, 0.3) is 0 Å². The molecule has 0 saturated heterocycles. The molecule has 4 nitrogen and oxygen atoms in total. The fourth-order valence-corrected chi connectivity index (χ4v) is 2.97. The van der Waals surface area contributed by atoms with E-state index in [0.717, 1.165) is 30.1 Å². The van der Waals surface area contributed by atoms with Crippen molar-refractivity contribution in [2.45, 2.75) is 26.7 Å². The largest absolute Gasteiger partial charge is 0.493 e. The van der Waals surface area contributed by atoms with Gasteiger partial charge in [-0.3, -0.25) is 4.98 Å². The van der Waals surface area contributed by atoms with Crippen molar-refractivity contribution in [2.24, 2.45) is 0 Å². The van der Waals surface area contributed by atoms with Crippen molar-refractivity contribution in [3.05, 3.63) is 114 Å². The van der Waals surface area contributed by atoms with Gasteiger partial charge in [-0.15, -0.1) is 0 Å². The summed E-state index contributed by atoms with van der Waals surface area (Å²) >= 11 is 0. The summed E-state index contributed by atoms with van der Waals surface area (Å²) in [4.78, 5) is 4.07. The van der Waals surface area contributed by atoms with Gasteiger partial charge in [0.1, 0.15) is 17.3 Å². The van der Waals surface area contributed by atoms with Crippen LogP contribution in [0.5, 0.6) is 11.5 Å². The lowest BCUT2D eigenvalue weighted by Gasteiger charge is -2.06. The fraction of sp³-hybridized carbons (Fsp3) is 0.222. The van der Waals surface area contributed by atoms with Crippen LogP contribution in [0.15, 0.2) is 95.9 Å². The highest BCUT2D eigenvalue weighted by molar-refractivity contribution is 5.28. The zero-order valence-corrected chi connectivity index (χ0v) is 18.2. The van der Waals surface area contributed by atoms with Gasteiger partial charge in [0.2, 0.25) is 0 Å². The average molecular weight is 416 g/mol. The summed E-state index contributed by atoms with van der Waals surface area (Å²) in [6.07, 6.45) is 7.04. The lowest BCUT2D eigenvalue weighted by atomic mass is 10.2. The predicted octanol–water partition coefficient (Wildman–Crippen LogP) is 6.22. The highest BCUT2D eigenvalue weighted by Crippen LogP contribution is 2.13. The van der Waals surface area contributed by atoms with Crippen LogP contribution in [0, 0.1) is 13.8 Å². The minimum atomic E-state index is 0.650. The number of benzene rings is 2. The molecule has 0 aliphatic heterocycles. The molecule has 0 aliphatic rings. The maximum Gasteiger partial charge on any atom is 0.119 e. The van der Waals surface area contributed by atoms with Crippen molar-refractivity contribution in [3.8, 4) is 11.5 Å². The average Bonchev–Trinajstić information content (AvgIpc) is 3.29. The molecule has 0 saturated carbocycles. The Morgan fingerprint density at radius 1 is 0.742 bits per heavy atom. The Balaban J connectivity index is 0.000000176. The van der Waals surface area contributed by atoms with E-state index in [9.17, 15) is 0 Å². The second-order valence-corrected chi connectivity index (χ2v) is 7.27. The molecule has 160 valence electrons. The first-order valence-electron chi connectivity index (χ1n) is 10.5. The van der Waals surface area contributed by atoms with Gasteiger partial charge in [0.05, 0.1) is 19.5 Å². The summed E-state index contributed by atoms with van der Waals surface area (Å²) in [5, 5.41) is 0. The van der Waals surface area contributed by atoms with Crippen LogP contribution in [0.2, 0.25) is 0 Å². The predicted molar refractivity (Wildman–Crippen MR) is 124 cm³/mol. The second-order valence-electron chi connectivity index (χ2n) is 7.27. The maximum atomic E-state index is 5.66. The van der Waals surface area contributed by atoms with Gasteiger partial charge in [-0.1, -0.05) is 30.3 Å². The summed E-state index contributed by atoms with van der Waals surface area (Å²) in [6.45, 7) is 5.46. The molecule has 0 atom stereocenters. The summed E-state index contributed by atoms with van der Waals surface area (Å²) in [7, 11) is 0. The summed E-state index contributed by atoms with van der Waals surface area (Å²) < 4.78 is 16.5. The van der Waals surface area contributed by atoms with Gasteiger partial charge in [0.15, 0.2) is 0 Å². The van der Waals surface area contributed by atoms with E-state index in [0.29, 0.717) is 13.2 Å². The molecule has 2 aromatic heterocycles. The van der Waals surface area contributed by atoms with E-state index in [2.05, 4.69) is 37.0 Å². The van der Waals surface area contributed by atoms with Gasteiger partial charge in [0, 0.05) is 25.2 Å². The van der Waals surface area contributed by atoms with Gasteiger partial charge in [0.25, 0.3) is 0 Å². The van der Waals surface area contributed by atoms with Gasteiger partial charge in [-0.2, -0.15) is 0 Å². The molecule has 0 radical (unpaired) electrons. The van der Waals surface area contributed by atoms with Gasteiger partial charge >= 0.3 is 0 Å². The Kier molecular flexibility index (Phi) is 8.74. The minimum absolute atomic E-state index is 0.650. The number of aryl methyl sites for hydroxylation is 2. The van der Waals surface area contributed by atoms with Crippen molar-refractivity contribution in [1.82, 2.24) is 4.98 Å². The quantitative estimate of drug-likeness (QED) is 0.343. The van der Waals surface area contributed by atoms with Crippen LogP contribution in [-0.2, 0) is 12.8 Å². The third-order valence-electron chi connectivity index (χ3n) is 4.56. The summed E-state index contributed by atoms with van der Waals surface area (Å²) in [6, 6.07) is 24.0. The van der Waals surface area contributed by atoms with E-state index in [1.165, 1.54) is 16.7 Å². The number of pyridine rings is 1. The normalized spacial score (nSPS) is 10.1. The molecule has 2 heterocycles. The van der Waals surface area contributed by atoms with Crippen molar-refractivity contribution in [1.29, 1.82) is 0 Å². The molecule has 0 spiro atoms. The number of hydrogen-bond acceptors (Lipinski definition) is 4. The first-order valence-corrected chi connectivity index (χ1v) is 10.5. The molecule has 0 fully saturated rings. The molecule has 0 amide bonds. The number of furan rings is 1. The van der Waals surface area contributed by atoms with E-state index in [4.69, 9.17) is 13.9 Å². The third-order valence-corrected chi connectivity index (χ3v) is 4.56. The highest BCUT2D eigenvalue weighted by atomic mass is 16.5. The molecule has 0 N–H and O–H groups in total. The zero-order valence-electron chi connectivity index (χ0n) is 18.2. The number of aromatic nitrogens is 1. The smallest absolute Gasteiger partial charge is 0.119 e. The molecule has 31 heavy (non-hydrogen) atoms. The lowest BCUT2D eigenvalue weighted by Crippen LogP contribution is -2.01. The van der Waals surface area contributed by atoms with Gasteiger partial charge in [-0.05, 0) is 73.0 Å². The Bertz CT molecular complexity index is 1010. The molecule has 4 aromatic rings. The van der Waals surface area contributed by atoms with E-state index < -0.39 is 0 Å². The van der Waals surface area contributed by atoms with E-state index in [1.54, 1.807) is 12.5 Å². The molecular weight excluding hydrogens is 386 g/mol. The Labute approximate surface area is 184 Å². The topological polar surface area (TPSA) is 44.5 Å². The summed E-state index contributed by atoms with van der Waals surface area (Å²) in [5.74, 6) is 2.81. The van der Waals surface area contributed by atoms with Crippen LogP contribution in [-0.4, -0.2) is 18.2 Å². The number of hydrogen-bond donors (Lipinski definition) is 0. The van der Waals surface area contributed by atoms with Crippen LogP contribution in [0.3, 0.4) is 0 Å². The van der Waals surface area contributed by atoms with Crippen LogP contribution >= 0.6 is 0 Å².